The third kappa shape index (κ3) is 6.06. The predicted molar refractivity (Wildman–Crippen MR) is 125 cm³/mol. The minimum Gasteiger partial charge on any atom is -0.382 e. The fraction of sp³-hybridized carbons (Fsp3) is 0.320. The highest BCUT2D eigenvalue weighted by molar-refractivity contribution is 5.97. The summed E-state index contributed by atoms with van der Waals surface area (Å²) in [6.07, 6.45) is -2.01. The zero-order chi connectivity index (χ0) is 25.2. The summed E-state index contributed by atoms with van der Waals surface area (Å²) in [6.45, 7) is 1.37. The molecule has 4 rings (SSSR count). The molecule has 184 valence electrons. The number of aromatic nitrogens is 1. The van der Waals surface area contributed by atoms with Crippen molar-refractivity contribution in [3.8, 4) is 0 Å². The van der Waals surface area contributed by atoms with Gasteiger partial charge in [0.2, 0.25) is 5.91 Å². The Morgan fingerprint density at radius 2 is 1.80 bits per heavy atom. The van der Waals surface area contributed by atoms with Crippen LogP contribution in [0.1, 0.15) is 48.7 Å². The molecule has 1 saturated carbocycles. The Hall–Kier alpha value is -3.69. The minimum atomic E-state index is -4.64. The molecule has 0 saturated heterocycles. The molecule has 0 radical (unpaired) electrons. The molecule has 3 N–H and O–H groups in total. The molecule has 1 fully saturated rings. The van der Waals surface area contributed by atoms with Gasteiger partial charge in [-0.15, -0.1) is 0 Å². The number of hydrogen-bond donors (Lipinski definition) is 3. The van der Waals surface area contributed by atoms with E-state index in [0.717, 1.165) is 31.0 Å². The van der Waals surface area contributed by atoms with E-state index in [9.17, 15) is 27.2 Å². The summed E-state index contributed by atoms with van der Waals surface area (Å²) >= 11 is 0. The fourth-order valence-electron chi connectivity index (χ4n) is 4.34. The molecule has 1 aromatic heterocycles. The van der Waals surface area contributed by atoms with Crippen molar-refractivity contribution >= 4 is 34.1 Å². The van der Waals surface area contributed by atoms with Crippen LogP contribution >= 0.6 is 0 Å². The summed E-state index contributed by atoms with van der Waals surface area (Å²) in [7, 11) is 0. The number of amides is 2. The van der Waals surface area contributed by atoms with Gasteiger partial charge in [0.25, 0.3) is 5.91 Å². The van der Waals surface area contributed by atoms with Gasteiger partial charge in [0.15, 0.2) is 0 Å². The number of hydrogen-bond acceptors (Lipinski definition) is 4. The van der Waals surface area contributed by atoms with Gasteiger partial charge in [0.1, 0.15) is 11.5 Å². The number of carbonyl (C=O) groups excluding carboxylic acids is 2. The van der Waals surface area contributed by atoms with Crippen LogP contribution in [0.15, 0.2) is 48.5 Å². The van der Waals surface area contributed by atoms with Crippen LogP contribution in [-0.2, 0) is 11.0 Å². The summed E-state index contributed by atoms with van der Waals surface area (Å²) < 4.78 is 54.0. The number of nitrogens with zero attached hydrogens (tertiary/aromatic N) is 1. The van der Waals surface area contributed by atoms with Crippen molar-refractivity contribution in [2.24, 2.45) is 0 Å². The number of fused-ring (bicyclic) bond motifs is 1. The Labute approximate surface area is 199 Å². The molecule has 35 heavy (non-hydrogen) atoms. The molecule has 2 aromatic carbocycles. The van der Waals surface area contributed by atoms with Crippen LogP contribution in [0, 0.1) is 5.82 Å². The highest BCUT2D eigenvalue weighted by atomic mass is 19.4. The number of benzene rings is 2. The minimum absolute atomic E-state index is 0.0449. The van der Waals surface area contributed by atoms with Crippen molar-refractivity contribution < 1.29 is 27.2 Å². The van der Waals surface area contributed by atoms with E-state index in [1.165, 1.54) is 13.0 Å². The molecular formula is C25H24F4N4O2. The molecule has 1 aliphatic carbocycles. The Morgan fingerprint density at radius 1 is 1.03 bits per heavy atom. The summed E-state index contributed by atoms with van der Waals surface area (Å²) in [6, 6.07) is 10.5. The van der Waals surface area contributed by atoms with Crippen LogP contribution in [0.5, 0.6) is 0 Å². The standard InChI is InChI=1S/C25H24F4N4O2/c1-14(34)30-17-5-2-4-15(10-17)24(35)32-19-7-3-6-18(12-19)31-22-13-23(25(27,28)29)33-21-9-8-16(26)11-20(21)22/h2,4-5,8-11,13,18-19H,3,6-7,12H2,1H3,(H,30,34)(H,31,33)(H,32,35)/t18-,19+/m0/s1. The van der Waals surface area contributed by atoms with Crippen molar-refractivity contribution in [1.29, 1.82) is 0 Å². The van der Waals surface area contributed by atoms with Gasteiger partial charge in [0.05, 0.1) is 5.52 Å². The van der Waals surface area contributed by atoms with Gasteiger partial charge in [-0.2, -0.15) is 13.2 Å². The molecule has 2 amide bonds. The molecule has 1 aliphatic rings. The van der Waals surface area contributed by atoms with E-state index in [0.29, 0.717) is 24.1 Å². The summed E-state index contributed by atoms with van der Waals surface area (Å²) in [5.41, 5.74) is 0.0337. The predicted octanol–water partition coefficient (Wildman–Crippen LogP) is 5.50. The van der Waals surface area contributed by atoms with E-state index in [4.69, 9.17) is 0 Å². The quantitative estimate of drug-likeness (QED) is 0.414. The van der Waals surface area contributed by atoms with E-state index >= 15 is 0 Å². The second kappa shape index (κ2) is 9.89. The SMILES string of the molecule is CC(=O)Nc1cccc(C(=O)N[C@@H]2CCC[C@H](Nc3cc(C(F)(F)F)nc4ccc(F)cc34)C2)c1. The molecule has 2 atom stereocenters. The molecule has 3 aromatic rings. The normalized spacial score (nSPS) is 18.2. The van der Waals surface area contributed by atoms with Crippen LogP contribution in [0.2, 0.25) is 0 Å². The van der Waals surface area contributed by atoms with Crippen LogP contribution in [0.3, 0.4) is 0 Å². The number of alkyl halides is 3. The highest BCUT2D eigenvalue weighted by Crippen LogP contribution is 2.34. The number of halogens is 4. The smallest absolute Gasteiger partial charge is 0.382 e. The first-order chi connectivity index (χ1) is 16.6. The van der Waals surface area contributed by atoms with E-state index in [1.807, 2.05) is 0 Å². The first-order valence-electron chi connectivity index (χ1n) is 11.2. The molecule has 1 heterocycles. The van der Waals surface area contributed by atoms with Crippen molar-refractivity contribution in [2.75, 3.05) is 10.6 Å². The Morgan fingerprint density at radius 3 is 2.54 bits per heavy atom. The van der Waals surface area contributed by atoms with Crippen molar-refractivity contribution in [3.63, 3.8) is 0 Å². The zero-order valence-electron chi connectivity index (χ0n) is 18.9. The van der Waals surface area contributed by atoms with Gasteiger partial charge in [-0.3, -0.25) is 9.59 Å². The highest BCUT2D eigenvalue weighted by Gasteiger charge is 2.34. The van der Waals surface area contributed by atoms with Crippen molar-refractivity contribution in [3.05, 3.63) is 65.6 Å². The van der Waals surface area contributed by atoms with E-state index in [-0.39, 0.29) is 40.5 Å². The second-order valence-electron chi connectivity index (χ2n) is 8.65. The van der Waals surface area contributed by atoms with Gasteiger partial charge in [-0.1, -0.05) is 6.07 Å². The number of anilines is 2. The average Bonchev–Trinajstić information content (AvgIpc) is 2.78. The largest absolute Gasteiger partial charge is 0.433 e. The third-order valence-electron chi connectivity index (χ3n) is 5.88. The first-order valence-corrected chi connectivity index (χ1v) is 11.2. The maximum absolute atomic E-state index is 13.8. The summed E-state index contributed by atoms with van der Waals surface area (Å²) in [4.78, 5) is 27.7. The maximum atomic E-state index is 13.8. The topological polar surface area (TPSA) is 83.1 Å². The fourth-order valence-corrected chi connectivity index (χ4v) is 4.34. The zero-order valence-corrected chi connectivity index (χ0v) is 18.9. The first kappa shape index (κ1) is 24.4. The monoisotopic (exact) mass is 488 g/mol. The average molecular weight is 488 g/mol. The number of rotatable bonds is 5. The lowest BCUT2D eigenvalue weighted by molar-refractivity contribution is -0.140. The lowest BCUT2D eigenvalue weighted by Gasteiger charge is -2.31. The van der Waals surface area contributed by atoms with Crippen LogP contribution in [-0.4, -0.2) is 28.9 Å². The molecule has 0 spiro atoms. The molecular weight excluding hydrogens is 464 g/mol. The summed E-state index contributed by atoms with van der Waals surface area (Å²) in [5.74, 6) is -1.13. The Kier molecular flexibility index (Phi) is 6.90. The molecule has 6 nitrogen and oxygen atoms in total. The van der Waals surface area contributed by atoms with Crippen LogP contribution in [0.25, 0.3) is 10.9 Å². The maximum Gasteiger partial charge on any atom is 0.433 e. The van der Waals surface area contributed by atoms with Crippen LogP contribution in [0.4, 0.5) is 28.9 Å². The van der Waals surface area contributed by atoms with E-state index in [1.54, 1.807) is 24.3 Å². The van der Waals surface area contributed by atoms with E-state index < -0.39 is 17.7 Å². The van der Waals surface area contributed by atoms with Crippen molar-refractivity contribution in [2.45, 2.75) is 50.9 Å². The lowest BCUT2D eigenvalue weighted by Crippen LogP contribution is -2.41. The van der Waals surface area contributed by atoms with Crippen LogP contribution < -0.4 is 16.0 Å². The lowest BCUT2D eigenvalue weighted by atomic mass is 9.90. The third-order valence-corrected chi connectivity index (χ3v) is 5.88. The number of carbonyl (C=O) groups is 2. The Balaban J connectivity index is 1.50. The number of nitrogens with one attached hydrogen (secondary N) is 3. The molecule has 0 unspecified atom stereocenters. The van der Waals surface area contributed by atoms with Gasteiger partial charge in [-0.25, -0.2) is 9.37 Å². The van der Waals surface area contributed by atoms with Gasteiger partial charge in [-0.05, 0) is 68.1 Å². The van der Waals surface area contributed by atoms with Crippen molar-refractivity contribution in [1.82, 2.24) is 10.3 Å². The van der Waals surface area contributed by atoms with Gasteiger partial charge in [0, 0.05) is 41.3 Å². The van der Waals surface area contributed by atoms with Gasteiger partial charge < -0.3 is 16.0 Å². The van der Waals surface area contributed by atoms with E-state index in [2.05, 4.69) is 20.9 Å². The molecule has 0 aliphatic heterocycles. The Bertz CT molecular complexity index is 1260. The second-order valence-corrected chi connectivity index (χ2v) is 8.65. The molecule has 10 heteroatoms. The summed E-state index contributed by atoms with van der Waals surface area (Å²) in [5, 5.41) is 8.99. The molecule has 0 bridgehead atoms. The number of pyridine rings is 1. The van der Waals surface area contributed by atoms with Gasteiger partial charge >= 0.3 is 6.18 Å².